The van der Waals surface area contributed by atoms with Crippen molar-refractivity contribution in [2.75, 3.05) is 20.5 Å². The largest absolute Gasteiger partial charge is 0.497 e. The molecule has 1 atom stereocenters. The van der Waals surface area contributed by atoms with Crippen LogP contribution in [0.5, 0.6) is 17.2 Å². The number of hydrogen-bond donors (Lipinski definition) is 0. The average Bonchev–Trinajstić information content (AvgIpc) is 3.42. The van der Waals surface area contributed by atoms with Gasteiger partial charge in [0, 0.05) is 6.07 Å². The molecule has 1 aromatic heterocycles. The Morgan fingerprint density at radius 2 is 2.06 bits per heavy atom. The summed E-state index contributed by atoms with van der Waals surface area (Å²) in [5.41, 5.74) is 1.81. The van der Waals surface area contributed by atoms with Gasteiger partial charge in [0.1, 0.15) is 5.75 Å². The highest BCUT2D eigenvalue weighted by Crippen LogP contribution is 2.37. The second-order valence-corrected chi connectivity index (χ2v) is 9.22. The topological polar surface area (TPSA) is 88.4 Å². The van der Waals surface area contributed by atoms with Gasteiger partial charge in [-0.3, -0.25) is 9.36 Å². The number of halogens is 1. The molecular weight excluding hydrogens is 492 g/mol. The van der Waals surface area contributed by atoms with Crippen molar-refractivity contribution >= 4 is 35.0 Å². The summed E-state index contributed by atoms with van der Waals surface area (Å²) in [5.74, 6) is 1.20. The lowest BCUT2D eigenvalue weighted by Gasteiger charge is -2.25. The number of thiazole rings is 1. The average molecular weight is 513 g/mol. The Labute approximate surface area is 209 Å². The number of esters is 1. The Bertz CT molecular complexity index is 1550. The fraction of sp³-hybridized carbons (Fsp3) is 0.240. The number of rotatable bonds is 5. The molecule has 5 rings (SSSR count). The van der Waals surface area contributed by atoms with E-state index in [1.165, 1.54) is 15.9 Å². The zero-order valence-electron chi connectivity index (χ0n) is 19.2. The van der Waals surface area contributed by atoms with Gasteiger partial charge in [0.05, 0.1) is 40.6 Å². The lowest BCUT2D eigenvalue weighted by molar-refractivity contribution is -0.139. The third-order valence-corrected chi connectivity index (χ3v) is 7.02. The summed E-state index contributed by atoms with van der Waals surface area (Å²) in [7, 11) is 1.56. The molecule has 0 fully saturated rings. The zero-order chi connectivity index (χ0) is 24.7. The van der Waals surface area contributed by atoms with Gasteiger partial charge in [0.2, 0.25) is 6.79 Å². The first-order valence-corrected chi connectivity index (χ1v) is 12.0. The Kier molecular flexibility index (Phi) is 6.12. The fourth-order valence-corrected chi connectivity index (χ4v) is 5.35. The van der Waals surface area contributed by atoms with Gasteiger partial charge in [-0.2, -0.15) is 0 Å². The van der Waals surface area contributed by atoms with E-state index in [9.17, 15) is 9.59 Å². The number of nitrogens with zero attached hydrogens (tertiary/aromatic N) is 2. The summed E-state index contributed by atoms with van der Waals surface area (Å²) in [5, 5.41) is 0.424. The van der Waals surface area contributed by atoms with E-state index in [1.807, 2.05) is 12.1 Å². The minimum atomic E-state index is -0.727. The first-order chi connectivity index (χ1) is 16.9. The van der Waals surface area contributed by atoms with E-state index in [1.54, 1.807) is 51.3 Å². The number of benzene rings is 2. The van der Waals surface area contributed by atoms with Crippen LogP contribution < -0.4 is 29.1 Å². The van der Waals surface area contributed by atoms with Crippen LogP contribution >= 0.6 is 22.9 Å². The van der Waals surface area contributed by atoms with Crippen molar-refractivity contribution in [1.82, 2.24) is 4.57 Å². The van der Waals surface area contributed by atoms with Crippen molar-refractivity contribution < 1.29 is 23.7 Å². The van der Waals surface area contributed by atoms with Gasteiger partial charge >= 0.3 is 5.97 Å². The van der Waals surface area contributed by atoms with Gasteiger partial charge < -0.3 is 18.9 Å². The van der Waals surface area contributed by atoms with Crippen LogP contribution in [0.2, 0.25) is 5.02 Å². The van der Waals surface area contributed by atoms with E-state index in [2.05, 4.69) is 4.99 Å². The van der Waals surface area contributed by atoms with E-state index in [-0.39, 0.29) is 19.0 Å². The molecule has 0 bridgehead atoms. The summed E-state index contributed by atoms with van der Waals surface area (Å²) in [6.07, 6.45) is 1.69. The number of carbonyl (C=O) groups is 1. The number of carbonyl (C=O) groups excluding carboxylic acids is 1. The van der Waals surface area contributed by atoms with Gasteiger partial charge in [0.15, 0.2) is 16.3 Å². The smallest absolute Gasteiger partial charge is 0.338 e. The second kappa shape index (κ2) is 9.24. The summed E-state index contributed by atoms with van der Waals surface area (Å²) in [4.78, 5) is 31.7. The van der Waals surface area contributed by atoms with Crippen LogP contribution in [0.1, 0.15) is 31.0 Å². The lowest BCUT2D eigenvalue weighted by atomic mass is 9.95. The van der Waals surface area contributed by atoms with Crippen LogP contribution in [0.3, 0.4) is 0 Å². The molecule has 2 aliphatic rings. The molecule has 0 aliphatic carbocycles. The first-order valence-electron chi connectivity index (χ1n) is 10.8. The van der Waals surface area contributed by atoms with E-state index in [0.29, 0.717) is 54.0 Å². The van der Waals surface area contributed by atoms with Gasteiger partial charge in [-0.15, -0.1) is 0 Å². The molecule has 0 amide bonds. The third-order valence-electron chi connectivity index (χ3n) is 5.71. The highest BCUT2D eigenvalue weighted by Gasteiger charge is 2.33. The maximum absolute atomic E-state index is 13.7. The highest BCUT2D eigenvalue weighted by atomic mass is 35.5. The summed E-state index contributed by atoms with van der Waals surface area (Å²) >= 11 is 7.66. The molecule has 35 heavy (non-hydrogen) atoms. The minimum Gasteiger partial charge on any atom is -0.497 e. The predicted molar refractivity (Wildman–Crippen MR) is 131 cm³/mol. The van der Waals surface area contributed by atoms with E-state index in [4.69, 9.17) is 30.5 Å². The maximum Gasteiger partial charge on any atom is 0.338 e. The molecule has 10 heteroatoms. The molecule has 2 aliphatic heterocycles. The van der Waals surface area contributed by atoms with E-state index < -0.39 is 12.0 Å². The summed E-state index contributed by atoms with van der Waals surface area (Å²) < 4.78 is 23.5. The second-order valence-electron chi connectivity index (χ2n) is 7.81. The molecule has 0 radical (unpaired) electrons. The standard InChI is InChI=1S/C25H21ClN2O6S/c1-4-32-24(30)21-13(2)27-25-28(22(21)14-6-5-7-16(8-14)31-3)23(29)20(35-25)10-15-9-18-19(11-17(15)26)34-12-33-18/h5-11,22H,4,12H2,1-3H3. The Hall–Kier alpha value is -3.56. The monoisotopic (exact) mass is 512 g/mol. The first kappa shape index (κ1) is 23.2. The molecule has 0 saturated carbocycles. The zero-order valence-corrected chi connectivity index (χ0v) is 20.7. The van der Waals surface area contributed by atoms with Gasteiger partial charge in [-0.25, -0.2) is 9.79 Å². The number of methoxy groups -OCH3 is 1. The molecule has 0 spiro atoms. The van der Waals surface area contributed by atoms with Crippen LogP contribution in [0.15, 0.2) is 57.5 Å². The number of allylic oxidation sites excluding steroid dienone is 1. The predicted octanol–water partition coefficient (Wildman–Crippen LogP) is 3.19. The maximum atomic E-state index is 13.7. The molecule has 2 aromatic carbocycles. The van der Waals surface area contributed by atoms with E-state index >= 15 is 0 Å². The quantitative estimate of drug-likeness (QED) is 0.488. The summed E-state index contributed by atoms with van der Waals surface area (Å²) in [6.45, 7) is 3.80. The van der Waals surface area contributed by atoms with Gasteiger partial charge in [0.25, 0.3) is 5.56 Å². The van der Waals surface area contributed by atoms with Crippen molar-refractivity contribution in [1.29, 1.82) is 0 Å². The van der Waals surface area contributed by atoms with Crippen molar-refractivity contribution in [3.8, 4) is 17.2 Å². The number of hydrogen-bond acceptors (Lipinski definition) is 8. The molecule has 0 N–H and O–H groups in total. The molecule has 0 saturated heterocycles. The van der Waals surface area contributed by atoms with Crippen LogP contribution in [0.4, 0.5) is 0 Å². The SMILES string of the molecule is CCOC(=O)C1=C(C)N=c2sc(=Cc3cc4c(cc3Cl)OCO4)c(=O)n2C1c1cccc(OC)c1. The molecule has 180 valence electrons. The third kappa shape index (κ3) is 4.11. The number of ether oxygens (including phenoxy) is 4. The Morgan fingerprint density at radius 3 is 2.80 bits per heavy atom. The van der Waals surface area contributed by atoms with Crippen LogP contribution in [0.25, 0.3) is 6.08 Å². The van der Waals surface area contributed by atoms with Crippen LogP contribution in [0, 0.1) is 0 Å². The van der Waals surface area contributed by atoms with Crippen molar-refractivity contribution in [3.05, 3.63) is 83.5 Å². The fourth-order valence-electron chi connectivity index (χ4n) is 4.10. The van der Waals surface area contributed by atoms with Crippen molar-refractivity contribution in [2.45, 2.75) is 19.9 Å². The van der Waals surface area contributed by atoms with E-state index in [0.717, 1.165) is 0 Å². The Balaban J connectivity index is 1.72. The molecule has 3 heterocycles. The van der Waals surface area contributed by atoms with Crippen molar-refractivity contribution in [3.63, 3.8) is 0 Å². The van der Waals surface area contributed by atoms with Gasteiger partial charge in [-0.05, 0) is 49.2 Å². The summed E-state index contributed by atoms with van der Waals surface area (Å²) in [6, 6.07) is 9.93. The van der Waals surface area contributed by atoms with Gasteiger partial charge in [-0.1, -0.05) is 35.1 Å². The Morgan fingerprint density at radius 1 is 1.29 bits per heavy atom. The molecule has 3 aromatic rings. The minimum absolute atomic E-state index is 0.119. The van der Waals surface area contributed by atoms with Crippen LogP contribution in [-0.2, 0) is 9.53 Å². The normalized spacial score (nSPS) is 16.7. The van der Waals surface area contributed by atoms with Crippen molar-refractivity contribution in [2.24, 2.45) is 4.99 Å². The number of fused-ring (bicyclic) bond motifs is 2. The lowest BCUT2D eigenvalue weighted by Crippen LogP contribution is -2.39. The van der Waals surface area contributed by atoms with Crippen LogP contribution in [-0.4, -0.2) is 31.0 Å². The molecular formula is C25H21ClN2O6S. The highest BCUT2D eigenvalue weighted by molar-refractivity contribution is 7.07. The number of aromatic nitrogens is 1. The molecule has 1 unspecified atom stereocenters. The molecule has 8 nitrogen and oxygen atoms in total.